The molecule has 5 aromatic rings. The van der Waals surface area contributed by atoms with E-state index < -0.39 is 7.60 Å². The Balaban J connectivity index is 1.36. The second-order valence-corrected chi connectivity index (χ2v) is 11.4. The van der Waals surface area contributed by atoms with Crippen LogP contribution in [0.1, 0.15) is 22.3 Å². The monoisotopic (exact) mass is 518 g/mol. The number of rotatable bonds is 5. The fourth-order valence-corrected chi connectivity index (χ4v) is 7.19. The first kappa shape index (κ1) is 22.7. The Hall–Kier alpha value is -4.47. The molecule has 38 heavy (non-hydrogen) atoms. The Labute approximate surface area is 220 Å². The van der Waals surface area contributed by atoms with Crippen molar-refractivity contribution < 1.29 is 23.8 Å². The van der Waals surface area contributed by atoms with Gasteiger partial charge in [-0.25, -0.2) is 4.57 Å². The number of hydrogen-bond acceptors (Lipinski definition) is 5. The van der Waals surface area contributed by atoms with Gasteiger partial charge in [-0.3, -0.25) is 0 Å². The van der Waals surface area contributed by atoms with Gasteiger partial charge in [0, 0.05) is 24.0 Å². The Morgan fingerprint density at radius 2 is 0.974 bits per heavy atom. The third kappa shape index (κ3) is 3.51. The molecule has 0 amide bonds. The molecule has 0 radical (unpaired) electrons. The summed E-state index contributed by atoms with van der Waals surface area (Å²) >= 11 is 0. The predicted octanol–water partition coefficient (Wildman–Crippen LogP) is 7.22. The highest BCUT2D eigenvalue weighted by atomic mass is 31.2. The molecule has 2 aliphatic carbocycles. The van der Waals surface area contributed by atoms with E-state index in [0.29, 0.717) is 18.1 Å². The first-order valence-electron chi connectivity index (χ1n) is 12.4. The SMILES string of the molecule is O=P(Oc1c(O)ccc2c1Cc1ccccc1-2)(Oc1c(O)ccc2c1Cc1ccccc1-2)c1ccccc1. The van der Waals surface area contributed by atoms with Crippen LogP contribution < -0.4 is 14.4 Å². The quantitative estimate of drug-likeness (QED) is 0.235. The fraction of sp³-hybridized carbons (Fsp3) is 0.0625. The van der Waals surface area contributed by atoms with E-state index in [4.69, 9.17) is 9.05 Å². The van der Waals surface area contributed by atoms with E-state index in [1.807, 2.05) is 66.7 Å². The molecular formula is C32H23O5P. The molecule has 2 aliphatic rings. The molecule has 0 saturated carbocycles. The normalized spacial score (nSPS) is 12.8. The minimum Gasteiger partial charge on any atom is -0.504 e. The Bertz CT molecular complexity index is 1670. The molecule has 0 aromatic heterocycles. The molecule has 5 aromatic carbocycles. The van der Waals surface area contributed by atoms with Crippen LogP contribution in [0.25, 0.3) is 22.3 Å². The van der Waals surface area contributed by atoms with Crippen molar-refractivity contribution in [2.45, 2.75) is 12.8 Å². The molecule has 7 rings (SSSR count). The highest BCUT2D eigenvalue weighted by molar-refractivity contribution is 7.63. The summed E-state index contributed by atoms with van der Waals surface area (Å²) in [5.74, 6) is 0.0138. The summed E-state index contributed by atoms with van der Waals surface area (Å²) < 4.78 is 27.3. The lowest BCUT2D eigenvalue weighted by molar-refractivity contribution is 0.366. The van der Waals surface area contributed by atoms with E-state index >= 15 is 0 Å². The van der Waals surface area contributed by atoms with Crippen LogP contribution in [0.15, 0.2) is 103 Å². The summed E-state index contributed by atoms with van der Waals surface area (Å²) in [6.07, 6.45) is 1.07. The van der Waals surface area contributed by atoms with E-state index in [1.165, 1.54) is 0 Å². The average molecular weight is 519 g/mol. The number of aromatic hydroxyl groups is 2. The van der Waals surface area contributed by atoms with Gasteiger partial charge in [-0.1, -0.05) is 78.9 Å². The molecule has 0 bridgehead atoms. The van der Waals surface area contributed by atoms with Gasteiger partial charge in [-0.15, -0.1) is 0 Å². The molecule has 2 N–H and O–H groups in total. The summed E-state index contributed by atoms with van der Waals surface area (Å²) in [6, 6.07) is 31.5. The predicted molar refractivity (Wildman–Crippen MR) is 148 cm³/mol. The van der Waals surface area contributed by atoms with Gasteiger partial charge >= 0.3 is 7.60 Å². The van der Waals surface area contributed by atoms with Crippen LogP contribution in [-0.4, -0.2) is 10.2 Å². The first-order chi connectivity index (χ1) is 18.5. The van der Waals surface area contributed by atoms with Crippen molar-refractivity contribution in [1.82, 2.24) is 0 Å². The summed E-state index contributed by atoms with van der Waals surface area (Å²) in [5.41, 5.74) is 7.66. The van der Waals surface area contributed by atoms with Gasteiger partial charge in [0.2, 0.25) is 0 Å². The molecule has 5 nitrogen and oxygen atoms in total. The van der Waals surface area contributed by atoms with E-state index in [0.717, 1.165) is 44.5 Å². The van der Waals surface area contributed by atoms with Crippen LogP contribution >= 0.6 is 7.60 Å². The third-order valence-electron chi connectivity index (χ3n) is 7.32. The standard InChI is InChI=1S/C32H23O5P/c33-29-16-14-25-23-12-6-4-8-20(23)18-27(25)31(29)36-38(35,22-10-2-1-3-11-22)37-32-28-19-21-9-5-7-13-24(21)26(28)15-17-30(32)34/h1-17,33-34H,18-19H2. The van der Waals surface area contributed by atoms with Crippen LogP contribution in [0.5, 0.6) is 23.0 Å². The first-order valence-corrected chi connectivity index (χ1v) is 14.0. The van der Waals surface area contributed by atoms with Crippen LogP contribution in [0, 0.1) is 0 Å². The van der Waals surface area contributed by atoms with Crippen molar-refractivity contribution in [3.63, 3.8) is 0 Å². The van der Waals surface area contributed by atoms with Crippen LogP contribution in [-0.2, 0) is 17.4 Å². The van der Waals surface area contributed by atoms with Gasteiger partial charge in [-0.2, -0.15) is 0 Å². The lowest BCUT2D eigenvalue weighted by Crippen LogP contribution is -2.16. The Kier molecular flexibility index (Phi) is 5.10. The van der Waals surface area contributed by atoms with Gasteiger partial charge in [0.25, 0.3) is 0 Å². The average Bonchev–Trinajstić information content (AvgIpc) is 3.51. The van der Waals surface area contributed by atoms with Crippen molar-refractivity contribution in [2.24, 2.45) is 0 Å². The van der Waals surface area contributed by atoms with Crippen LogP contribution in [0.4, 0.5) is 0 Å². The minimum absolute atomic E-state index is 0.119. The number of phenols is 2. The third-order valence-corrected chi connectivity index (χ3v) is 9.10. The molecule has 0 spiro atoms. The summed E-state index contributed by atoms with van der Waals surface area (Å²) in [7, 11) is -4.14. The number of phenolic OH excluding ortho intramolecular Hbond substituents is 2. The zero-order valence-electron chi connectivity index (χ0n) is 20.3. The zero-order valence-corrected chi connectivity index (χ0v) is 21.2. The second-order valence-electron chi connectivity index (χ2n) is 9.56. The highest BCUT2D eigenvalue weighted by Crippen LogP contribution is 2.57. The van der Waals surface area contributed by atoms with Gasteiger partial charge in [0.05, 0.1) is 5.30 Å². The zero-order chi connectivity index (χ0) is 25.9. The molecule has 0 atom stereocenters. The molecular weight excluding hydrogens is 495 g/mol. The van der Waals surface area contributed by atoms with E-state index in [2.05, 4.69) is 0 Å². The number of hydrogen-bond donors (Lipinski definition) is 2. The van der Waals surface area contributed by atoms with Gasteiger partial charge in [0.15, 0.2) is 23.0 Å². The Morgan fingerprint density at radius 1 is 0.526 bits per heavy atom. The summed E-state index contributed by atoms with van der Waals surface area (Å²) in [5, 5.41) is 22.1. The maximum atomic E-state index is 14.7. The largest absolute Gasteiger partial charge is 0.504 e. The maximum Gasteiger partial charge on any atom is 0.463 e. The fourth-order valence-electron chi connectivity index (χ4n) is 5.52. The molecule has 186 valence electrons. The van der Waals surface area contributed by atoms with Gasteiger partial charge in [-0.05, 0) is 57.6 Å². The van der Waals surface area contributed by atoms with Gasteiger partial charge in [0.1, 0.15) is 0 Å². The Morgan fingerprint density at radius 3 is 1.47 bits per heavy atom. The highest BCUT2D eigenvalue weighted by Gasteiger charge is 2.37. The molecule has 0 fully saturated rings. The summed E-state index contributed by atoms with van der Waals surface area (Å²) in [6.45, 7) is 0. The lowest BCUT2D eigenvalue weighted by atomic mass is 10.1. The molecule has 0 saturated heterocycles. The van der Waals surface area contributed by atoms with E-state index in [1.54, 1.807) is 36.4 Å². The molecule has 0 aliphatic heterocycles. The topological polar surface area (TPSA) is 76.0 Å². The van der Waals surface area contributed by atoms with Gasteiger partial charge < -0.3 is 19.3 Å². The molecule has 0 unspecified atom stereocenters. The van der Waals surface area contributed by atoms with E-state index in [9.17, 15) is 14.8 Å². The smallest absolute Gasteiger partial charge is 0.463 e. The lowest BCUT2D eigenvalue weighted by Gasteiger charge is -2.24. The number of benzene rings is 5. The van der Waals surface area contributed by atoms with Crippen molar-refractivity contribution in [2.75, 3.05) is 0 Å². The van der Waals surface area contributed by atoms with Crippen molar-refractivity contribution in [3.8, 4) is 45.3 Å². The van der Waals surface area contributed by atoms with Crippen molar-refractivity contribution >= 4 is 12.9 Å². The molecule has 0 heterocycles. The van der Waals surface area contributed by atoms with Crippen molar-refractivity contribution in [3.05, 3.63) is 125 Å². The molecule has 6 heteroatoms. The van der Waals surface area contributed by atoms with Crippen LogP contribution in [0.3, 0.4) is 0 Å². The van der Waals surface area contributed by atoms with E-state index in [-0.39, 0.29) is 23.0 Å². The number of fused-ring (bicyclic) bond motifs is 6. The maximum absolute atomic E-state index is 14.7. The summed E-state index contributed by atoms with van der Waals surface area (Å²) in [4.78, 5) is 0. The second kappa shape index (κ2) is 8.54. The van der Waals surface area contributed by atoms with Crippen molar-refractivity contribution in [1.29, 1.82) is 0 Å². The minimum atomic E-state index is -4.14. The van der Waals surface area contributed by atoms with Crippen LogP contribution in [0.2, 0.25) is 0 Å².